The van der Waals surface area contributed by atoms with Crippen molar-refractivity contribution in [2.45, 2.75) is 11.4 Å². The van der Waals surface area contributed by atoms with Gasteiger partial charge in [-0.2, -0.15) is 0 Å². The van der Waals surface area contributed by atoms with Crippen molar-refractivity contribution in [1.82, 2.24) is 5.32 Å². The quantitative estimate of drug-likeness (QED) is 0.605. The molecule has 1 aliphatic heterocycles. The molecule has 0 aromatic carbocycles. The molecule has 0 radical (unpaired) electrons. The second kappa shape index (κ2) is 4.48. The van der Waals surface area contributed by atoms with Gasteiger partial charge in [0, 0.05) is 5.75 Å². The molecule has 0 spiro atoms. The summed E-state index contributed by atoms with van der Waals surface area (Å²) in [6, 6.07) is -0.404. The van der Waals surface area contributed by atoms with E-state index in [1.165, 1.54) is 26.0 Å². The van der Waals surface area contributed by atoms with E-state index in [0.29, 0.717) is 5.75 Å². The van der Waals surface area contributed by atoms with Crippen LogP contribution < -0.4 is 5.32 Å². The van der Waals surface area contributed by atoms with Gasteiger partial charge in [-0.25, -0.2) is 4.79 Å². The van der Waals surface area contributed by atoms with Gasteiger partial charge in [0.2, 0.25) is 0 Å². The number of thioether (sulfide) groups is 1. The lowest BCUT2D eigenvalue weighted by Crippen LogP contribution is -2.40. The number of ether oxygens (including phenoxy) is 2. The molecule has 1 rings (SSSR count). The van der Waals surface area contributed by atoms with E-state index < -0.39 is 11.4 Å². The van der Waals surface area contributed by atoms with Crippen LogP contribution in [0.4, 0.5) is 0 Å². The minimum Gasteiger partial charge on any atom is -0.468 e. The van der Waals surface area contributed by atoms with E-state index in [-0.39, 0.29) is 11.9 Å². The van der Waals surface area contributed by atoms with E-state index in [4.69, 9.17) is 0 Å². The maximum absolute atomic E-state index is 11.0. The van der Waals surface area contributed by atoms with Crippen LogP contribution in [0, 0.1) is 0 Å². The Hall–Kier alpha value is -0.750. The molecule has 74 valence electrons. The van der Waals surface area contributed by atoms with Crippen LogP contribution in [0.15, 0.2) is 0 Å². The van der Waals surface area contributed by atoms with E-state index in [1.807, 2.05) is 0 Å². The highest BCUT2D eigenvalue weighted by Crippen LogP contribution is 2.20. The van der Waals surface area contributed by atoms with Crippen LogP contribution >= 0.6 is 11.8 Å². The van der Waals surface area contributed by atoms with E-state index in [1.54, 1.807) is 0 Å². The van der Waals surface area contributed by atoms with Crippen molar-refractivity contribution in [1.29, 1.82) is 0 Å². The van der Waals surface area contributed by atoms with Crippen molar-refractivity contribution < 1.29 is 19.1 Å². The normalized spacial score (nSPS) is 26.9. The number of methoxy groups -OCH3 is 2. The van der Waals surface area contributed by atoms with Crippen molar-refractivity contribution in [2.24, 2.45) is 0 Å². The smallest absolute Gasteiger partial charge is 0.333 e. The topological polar surface area (TPSA) is 64.6 Å². The molecule has 0 saturated carbocycles. The number of carbonyl (C=O) groups is 2. The van der Waals surface area contributed by atoms with Crippen molar-refractivity contribution in [2.75, 3.05) is 20.0 Å². The van der Waals surface area contributed by atoms with E-state index in [0.717, 1.165) is 0 Å². The first-order chi connectivity index (χ1) is 6.19. The predicted octanol–water partition coefficient (Wildman–Crippen LogP) is -0.637. The first-order valence-corrected chi connectivity index (χ1v) is 4.77. The number of hydrogen-bond donors (Lipinski definition) is 1. The zero-order chi connectivity index (χ0) is 9.84. The molecule has 1 N–H and O–H groups in total. The molecule has 0 aliphatic carbocycles. The van der Waals surface area contributed by atoms with Crippen LogP contribution in [0.1, 0.15) is 0 Å². The average Bonchev–Trinajstić information content (AvgIpc) is 2.64. The summed E-state index contributed by atoms with van der Waals surface area (Å²) in [4.78, 5) is 22.0. The van der Waals surface area contributed by atoms with Crippen LogP contribution in [-0.4, -0.2) is 43.3 Å². The molecule has 1 saturated heterocycles. The second-order valence-electron chi connectivity index (χ2n) is 2.48. The average molecular weight is 205 g/mol. The van der Waals surface area contributed by atoms with Crippen molar-refractivity contribution in [3.8, 4) is 0 Å². The van der Waals surface area contributed by atoms with Gasteiger partial charge in [0.15, 0.2) is 5.37 Å². The van der Waals surface area contributed by atoms with E-state index in [9.17, 15) is 9.59 Å². The molecule has 1 heterocycles. The van der Waals surface area contributed by atoms with Crippen LogP contribution in [-0.2, 0) is 19.1 Å². The molecule has 0 amide bonds. The zero-order valence-corrected chi connectivity index (χ0v) is 8.22. The third-order valence-electron chi connectivity index (χ3n) is 1.68. The van der Waals surface area contributed by atoms with Gasteiger partial charge in [-0.3, -0.25) is 10.1 Å². The van der Waals surface area contributed by atoms with Crippen LogP contribution in [0.2, 0.25) is 0 Å². The Kier molecular flexibility index (Phi) is 3.56. The number of rotatable bonds is 2. The summed E-state index contributed by atoms with van der Waals surface area (Å²) in [5.41, 5.74) is 0. The molecule has 0 aromatic heterocycles. The van der Waals surface area contributed by atoms with Crippen molar-refractivity contribution in [3.63, 3.8) is 0 Å². The molecule has 2 atom stereocenters. The SMILES string of the molecule is COC(=O)[C@H]1CS[C@@H](C(=O)OC)N1. The number of esters is 2. The first-order valence-electron chi connectivity index (χ1n) is 3.72. The molecule has 0 unspecified atom stereocenters. The highest BCUT2D eigenvalue weighted by atomic mass is 32.2. The van der Waals surface area contributed by atoms with E-state index in [2.05, 4.69) is 14.8 Å². The van der Waals surface area contributed by atoms with Gasteiger partial charge >= 0.3 is 11.9 Å². The van der Waals surface area contributed by atoms with Crippen molar-refractivity contribution >= 4 is 23.7 Å². The number of hydrogen-bond acceptors (Lipinski definition) is 6. The number of nitrogens with one attached hydrogen (secondary N) is 1. The molecule has 6 heteroatoms. The molecular weight excluding hydrogens is 194 g/mol. The standard InChI is InChI=1S/C7H11NO4S/c1-11-6(9)4-3-13-5(8-4)7(10)12-2/h4-5,8H,3H2,1-2H3/t4-,5+/m1/s1. The molecule has 13 heavy (non-hydrogen) atoms. The predicted molar refractivity (Wildman–Crippen MR) is 47.2 cm³/mol. The summed E-state index contributed by atoms with van der Waals surface area (Å²) >= 11 is 1.34. The summed E-state index contributed by atoms with van der Waals surface area (Å²) in [5.74, 6) is -0.179. The first kappa shape index (κ1) is 10.3. The monoisotopic (exact) mass is 205 g/mol. The molecule has 5 nitrogen and oxygen atoms in total. The van der Waals surface area contributed by atoms with Crippen LogP contribution in [0.25, 0.3) is 0 Å². The molecule has 0 bridgehead atoms. The lowest BCUT2D eigenvalue weighted by molar-refractivity contribution is -0.143. The molecule has 1 aliphatic rings. The minimum atomic E-state index is -0.450. The maximum atomic E-state index is 11.0. The van der Waals surface area contributed by atoms with Gasteiger partial charge < -0.3 is 9.47 Å². The van der Waals surface area contributed by atoms with Crippen LogP contribution in [0.5, 0.6) is 0 Å². The Labute approximate surface area is 80.1 Å². The van der Waals surface area contributed by atoms with Crippen LogP contribution in [0.3, 0.4) is 0 Å². The largest absolute Gasteiger partial charge is 0.468 e. The summed E-state index contributed by atoms with van der Waals surface area (Å²) in [5, 5.41) is 2.36. The number of carbonyl (C=O) groups excluding carboxylic acids is 2. The summed E-state index contributed by atoms with van der Waals surface area (Å²) in [6.07, 6.45) is 0. The fourth-order valence-electron chi connectivity index (χ4n) is 0.993. The Morgan fingerprint density at radius 3 is 2.46 bits per heavy atom. The molecular formula is C7H11NO4S. The highest BCUT2D eigenvalue weighted by molar-refractivity contribution is 8.00. The Balaban J connectivity index is 2.44. The molecule has 0 aromatic rings. The van der Waals surface area contributed by atoms with Gasteiger partial charge in [0.05, 0.1) is 14.2 Å². The Morgan fingerprint density at radius 1 is 1.31 bits per heavy atom. The lowest BCUT2D eigenvalue weighted by atomic mass is 10.3. The highest BCUT2D eigenvalue weighted by Gasteiger charge is 2.34. The zero-order valence-electron chi connectivity index (χ0n) is 7.40. The lowest BCUT2D eigenvalue weighted by Gasteiger charge is -2.09. The molecule has 1 fully saturated rings. The van der Waals surface area contributed by atoms with E-state index >= 15 is 0 Å². The summed E-state index contributed by atoms with van der Waals surface area (Å²) < 4.78 is 9.05. The second-order valence-corrected chi connectivity index (χ2v) is 3.62. The van der Waals surface area contributed by atoms with Gasteiger partial charge in [-0.05, 0) is 0 Å². The Morgan fingerprint density at radius 2 is 1.92 bits per heavy atom. The fraction of sp³-hybridized carbons (Fsp3) is 0.714. The van der Waals surface area contributed by atoms with Gasteiger partial charge in [0.25, 0.3) is 0 Å². The van der Waals surface area contributed by atoms with Crippen molar-refractivity contribution in [3.05, 3.63) is 0 Å². The minimum absolute atomic E-state index is 0.348. The maximum Gasteiger partial charge on any atom is 0.333 e. The third kappa shape index (κ3) is 2.35. The van der Waals surface area contributed by atoms with Gasteiger partial charge in [0.1, 0.15) is 6.04 Å². The third-order valence-corrected chi connectivity index (χ3v) is 2.87. The summed E-state index contributed by atoms with van der Waals surface area (Å²) in [7, 11) is 2.64. The van der Waals surface area contributed by atoms with Gasteiger partial charge in [-0.1, -0.05) is 0 Å². The fourth-order valence-corrected chi connectivity index (χ4v) is 2.10. The van der Waals surface area contributed by atoms with Gasteiger partial charge in [-0.15, -0.1) is 11.8 Å². The Bertz CT molecular complexity index is 199. The summed E-state index contributed by atoms with van der Waals surface area (Å²) in [6.45, 7) is 0.